The summed E-state index contributed by atoms with van der Waals surface area (Å²) in [7, 11) is 0. The average Bonchev–Trinajstić information content (AvgIpc) is 3.02. The minimum Gasteiger partial charge on any atom is -0.349 e. The quantitative estimate of drug-likeness (QED) is 0.770. The van der Waals surface area contributed by atoms with E-state index in [0.29, 0.717) is 24.2 Å². The normalized spacial score (nSPS) is 20.0. The predicted molar refractivity (Wildman–Crippen MR) is 93.7 cm³/mol. The summed E-state index contributed by atoms with van der Waals surface area (Å²) < 4.78 is 55.2. The Hall–Kier alpha value is -2.13. The van der Waals surface area contributed by atoms with Crippen LogP contribution in [0.3, 0.4) is 0 Å². The highest BCUT2D eigenvalue weighted by atomic mass is 35.5. The molecule has 1 aromatic heterocycles. The molecular weight excluding hydrogens is 388 g/mol. The van der Waals surface area contributed by atoms with E-state index in [-0.39, 0.29) is 30.1 Å². The fraction of sp³-hybridized carbons (Fsp3) is 0.412. The highest BCUT2D eigenvalue weighted by molar-refractivity contribution is 5.95. The average molecular weight is 407 g/mol. The zero-order valence-corrected chi connectivity index (χ0v) is 15.2. The Balaban J connectivity index is 0.00000261. The number of carbonyl (C=O) groups is 1. The topological polar surface area (TPSA) is 58.9 Å². The number of alkyl halides is 3. The first-order valence-electron chi connectivity index (χ1n) is 8.20. The van der Waals surface area contributed by atoms with Crippen LogP contribution in [-0.2, 0) is 6.18 Å². The maximum absolute atomic E-state index is 13.9. The van der Waals surface area contributed by atoms with Crippen LogP contribution in [-0.4, -0.2) is 34.8 Å². The van der Waals surface area contributed by atoms with Crippen molar-refractivity contribution in [1.82, 2.24) is 20.4 Å². The molecule has 2 heterocycles. The number of rotatable bonds is 3. The molecule has 2 atom stereocenters. The Bertz CT molecular complexity index is 808. The maximum Gasteiger partial charge on any atom is 0.434 e. The monoisotopic (exact) mass is 406 g/mol. The number of piperidine rings is 1. The third kappa shape index (κ3) is 4.41. The predicted octanol–water partition coefficient (Wildman–Crippen LogP) is 3.18. The molecule has 1 aliphatic rings. The molecule has 148 valence electrons. The molecule has 0 radical (unpaired) electrons. The number of para-hydroxylation sites is 1. The van der Waals surface area contributed by atoms with Crippen molar-refractivity contribution >= 4 is 18.3 Å². The second-order valence-corrected chi connectivity index (χ2v) is 6.32. The lowest BCUT2D eigenvalue weighted by Gasteiger charge is -2.30. The van der Waals surface area contributed by atoms with Crippen LogP contribution in [0, 0.1) is 11.7 Å². The lowest BCUT2D eigenvalue weighted by molar-refractivity contribution is -0.143. The van der Waals surface area contributed by atoms with E-state index < -0.39 is 29.2 Å². The summed E-state index contributed by atoms with van der Waals surface area (Å²) in [5, 5.41) is 9.44. The highest BCUT2D eigenvalue weighted by Crippen LogP contribution is 2.34. The first-order chi connectivity index (χ1) is 12.3. The molecule has 2 aromatic rings. The second kappa shape index (κ2) is 8.26. The van der Waals surface area contributed by atoms with Crippen molar-refractivity contribution in [2.75, 3.05) is 13.1 Å². The summed E-state index contributed by atoms with van der Waals surface area (Å²) in [4.78, 5) is 12.5. The summed E-state index contributed by atoms with van der Waals surface area (Å²) >= 11 is 0. The first kappa shape index (κ1) is 21.2. The van der Waals surface area contributed by atoms with Gasteiger partial charge in [0.15, 0.2) is 5.69 Å². The Morgan fingerprint density at radius 1 is 1.33 bits per heavy atom. The van der Waals surface area contributed by atoms with E-state index in [9.17, 15) is 22.4 Å². The first-order valence-corrected chi connectivity index (χ1v) is 8.20. The number of amides is 1. The van der Waals surface area contributed by atoms with Crippen molar-refractivity contribution in [2.24, 2.45) is 5.92 Å². The largest absolute Gasteiger partial charge is 0.434 e. The number of nitrogens with one attached hydrogen (secondary N) is 2. The fourth-order valence-corrected chi connectivity index (χ4v) is 3.07. The summed E-state index contributed by atoms with van der Waals surface area (Å²) in [6.45, 7) is 3.26. The van der Waals surface area contributed by atoms with Crippen LogP contribution < -0.4 is 10.6 Å². The molecule has 0 aliphatic carbocycles. The van der Waals surface area contributed by atoms with Gasteiger partial charge in [-0.1, -0.05) is 19.1 Å². The molecule has 0 spiro atoms. The van der Waals surface area contributed by atoms with Crippen LogP contribution in [0.15, 0.2) is 30.5 Å². The molecular formula is C17H19ClF4N4O. The number of carbonyl (C=O) groups excluding carboxylic acids is 1. The second-order valence-electron chi connectivity index (χ2n) is 6.32. The van der Waals surface area contributed by atoms with E-state index in [0.717, 1.165) is 12.3 Å². The van der Waals surface area contributed by atoms with Gasteiger partial charge in [-0.25, -0.2) is 9.07 Å². The van der Waals surface area contributed by atoms with Gasteiger partial charge in [0.1, 0.15) is 11.5 Å². The van der Waals surface area contributed by atoms with Gasteiger partial charge in [0, 0.05) is 6.04 Å². The Labute approximate surface area is 159 Å². The maximum atomic E-state index is 13.9. The van der Waals surface area contributed by atoms with Crippen LogP contribution in [0.2, 0.25) is 0 Å². The van der Waals surface area contributed by atoms with Crippen molar-refractivity contribution in [2.45, 2.75) is 25.6 Å². The Kier molecular flexibility index (Phi) is 6.48. The van der Waals surface area contributed by atoms with Crippen molar-refractivity contribution in [3.8, 4) is 5.69 Å². The molecule has 1 fully saturated rings. The molecule has 2 N–H and O–H groups in total. The zero-order valence-electron chi connectivity index (χ0n) is 14.4. The molecule has 5 nitrogen and oxygen atoms in total. The fourth-order valence-electron chi connectivity index (χ4n) is 3.07. The van der Waals surface area contributed by atoms with Crippen molar-refractivity contribution in [3.63, 3.8) is 0 Å². The van der Waals surface area contributed by atoms with Crippen molar-refractivity contribution in [3.05, 3.63) is 47.5 Å². The van der Waals surface area contributed by atoms with E-state index in [1.54, 1.807) is 0 Å². The number of aromatic nitrogens is 2. The van der Waals surface area contributed by atoms with Gasteiger partial charge in [0.25, 0.3) is 5.91 Å². The number of hydrogen-bond acceptors (Lipinski definition) is 3. The minimum atomic E-state index is -4.87. The SMILES string of the molecule is CC1CNCCC1NC(=O)c1cnn(-c2ccccc2F)c1C(F)(F)F.Cl. The number of nitrogens with zero attached hydrogens (tertiary/aromatic N) is 2. The van der Waals surface area contributed by atoms with Gasteiger partial charge in [-0.2, -0.15) is 18.3 Å². The third-order valence-electron chi connectivity index (χ3n) is 4.46. The lowest BCUT2D eigenvalue weighted by atomic mass is 9.95. The van der Waals surface area contributed by atoms with Gasteiger partial charge in [0.05, 0.1) is 11.8 Å². The summed E-state index contributed by atoms with van der Waals surface area (Å²) in [6.07, 6.45) is -3.42. The van der Waals surface area contributed by atoms with E-state index in [4.69, 9.17) is 0 Å². The molecule has 1 amide bonds. The summed E-state index contributed by atoms with van der Waals surface area (Å²) in [5.41, 5.74) is -2.28. The standard InChI is InChI=1S/C17H18F4N4O.ClH/c1-10-8-22-7-6-13(10)24-16(26)11-9-23-25(15(11)17(19,20)21)14-5-3-2-4-12(14)18;/h2-5,9-10,13,22H,6-8H2,1H3,(H,24,26);1H. The molecule has 27 heavy (non-hydrogen) atoms. The van der Waals surface area contributed by atoms with Gasteiger partial charge in [-0.3, -0.25) is 4.79 Å². The lowest BCUT2D eigenvalue weighted by Crippen LogP contribution is -2.48. The molecule has 1 saturated heterocycles. The molecule has 0 bridgehead atoms. The van der Waals surface area contributed by atoms with E-state index in [1.165, 1.54) is 18.2 Å². The molecule has 10 heteroatoms. The van der Waals surface area contributed by atoms with Crippen LogP contribution in [0.1, 0.15) is 29.4 Å². The minimum absolute atomic E-state index is 0. The third-order valence-corrected chi connectivity index (χ3v) is 4.46. The zero-order chi connectivity index (χ0) is 18.9. The molecule has 3 rings (SSSR count). The van der Waals surface area contributed by atoms with Crippen molar-refractivity contribution < 1.29 is 22.4 Å². The highest BCUT2D eigenvalue weighted by Gasteiger charge is 2.41. The van der Waals surface area contributed by atoms with Crippen molar-refractivity contribution in [1.29, 1.82) is 0 Å². The van der Waals surface area contributed by atoms with E-state index in [2.05, 4.69) is 15.7 Å². The van der Waals surface area contributed by atoms with E-state index in [1.807, 2.05) is 6.92 Å². The van der Waals surface area contributed by atoms with E-state index >= 15 is 0 Å². The van der Waals surface area contributed by atoms with Crippen LogP contribution in [0.5, 0.6) is 0 Å². The van der Waals surface area contributed by atoms with Gasteiger partial charge in [-0.05, 0) is 37.6 Å². The van der Waals surface area contributed by atoms with Gasteiger partial charge in [-0.15, -0.1) is 12.4 Å². The molecule has 1 aromatic carbocycles. The number of benzene rings is 1. The Morgan fingerprint density at radius 2 is 2.04 bits per heavy atom. The number of halogens is 5. The molecule has 2 unspecified atom stereocenters. The smallest absolute Gasteiger partial charge is 0.349 e. The van der Waals surface area contributed by atoms with Crippen LogP contribution in [0.4, 0.5) is 17.6 Å². The van der Waals surface area contributed by atoms with Gasteiger partial charge >= 0.3 is 6.18 Å². The van der Waals surface area contributed by atoms with Gasteiger partial charge < -0.3 is 10.6 Å². The summed E-state index contributed by atoms with van der Waals surface area (Å²) in [5.74, 6) is -1.64. The van der Waals surface area contributed by atoms with Crippen LogP contribution in [0.25, 0.3) is 5.69 Å². The Morgan fingerprint density at radius 3 is 2.67 bits per heavy atom. The molecule has 1 aliphatic heterocycles. The summed E-state index contributed by atoms with van der Waals surface area (Å²) in [6, 6.07) is 4.74. The molecule has 0 saturated carbocycles. The van der Waals surface area contributed by atoms with Crippen LogP contribution >= 0.6 is 12.4 Å². The number of hydrogen-bond donors (Lipinski definition) is 2. The van der Waals surface area contributed by atoms with Gasteiger partial charge in [0.2, 0.25) is 0 Å².